The third kappa shape index (κ3) is 4.55. The number of nitrogens with zero attached hydrogens (tertiary/aromatic N) is 1. The van der Waals surface area contributed by atoms with Gasteiger partial charge in [-0.3, -0.25) is 4.79 Å². The lowest BCUT2D eigenvalue weighted by atomic mass is 10.1. The Labute approximate surface area is 110 Å². The summed E-state index contributed by atoms with van der Waals surface area (Å²) in [6.07, 6.45) is 0.199. The number of nitrogens with two attached hydrogens (primary N) is 1. The molecule has 0 heterocycles. The van der Waals surface area contributed by atoms with E-state index in [4.69, 9.17) is 15.7 Å². The SMILES string of the molecule is CCOCCC(=O)Nc1ccc(F)c(C(N)=NO)c1. The summed E-state index contributed by atoms with van der Waals surface area (Å²) in [4.78, 5) is 11.5. The number of rotatable bonds is 6. The van der Waals surface area contributed by atoms with Gasteiger partial charge in [-0.15, -0.1) is 0 Å². The van der Waals surface area contributed by atoms with Gasteiger partial charge in [0.1, 0.15) is 5.82 Å². The molecule has 6 nitrogen and oxygen atoms in total. The van der Waals surface area contributed by atoms with Crippen LogP contribution in [0, 0.1) is 5.82 Å². The molecule has 0 radical (unpaired) electrons. The van der Waals surface area contributed by atoms with Gasteiger partial charge in [0.2, 0.25) is 5.91 Å². The maximum Gasteiger partial charge on any atom is 0.226 e. The summed E-state index contributed by atoms with van der Waals surface area (Å²) >= 11 is 0. The van der Waals surface area contributed by atoms with Crippen molar-refractivity contribution in [1.29, 1.82) is 0 Å². The van der Waals surface area contributed by atoms with Crippen molar-refractivity contribution in [2.45, 2.75) is 13.3 Å². The van der Waals surface area contributed by atoms with Gasteiger partial charge in [0, 0.05) is 12.3 Å². The zero-order valence-electron chi connectivity index (χ0n) is 10.5. The number of hydrogen-bond donors (Lipinski definition) is 3. The van der Waals surface area contributed by atoms with Gasteiger partial charge in [-0.2, -0.15) is 0 Å². The minimum atomic E-state index is -0.636. The standard InChI is InChI=1S/C12H16FN3O3/c1-2-19-6-5-11(17)15-8-3-4-10(13)9(7-8)12(14)16-18/h3-4,7,18H,2,5-6H2,1H3,(H2,14,16)(H,15,17). The fraction of sp³-hybridized carbons (Fsp3) is 0.333. The van der Waals surface area contributed by atoms with E-state index in [1.54, 1.807) is 0 Å². The summed E-state index contributed by atoms with van der Waals surface area (Å²) < 4.78 is 18.4. The second kappa shape index (κ2) is 7.32. The van der Waals surface area contributed by atoms with Crippen molar-refractivity contribution in [3.8, 4) is 0 Å². The Morgan fingerprint density at radius 1 is 1.58 bits per heavy atom. The van der Waals surface area contributed by atoms with E-state index >= 15 is 0 Å². The zero-order chi connectivity index (χ0) is 14.3. The fourth-order valence-corrected chi connectivity index (χ4v) is 1.39. The largest absolute Gasteiger partial charge is 0.409 e. The van der Waals surface area contributed by atoms with E-state index in [9.17, 15) is 9.18 Å². The van der Waals surface area contributed by atoms with Gasteiger partial charge < -0.3 is 21.0 Å². The van der Waals surface area contributed by atoms with E-state index in [2.05, 4.69) is 10.5 Å². The molecular formula is C12H16FN3O3. The molecule has 0 aromatic heterocycles. The van der Waals surface area contributed by atoms with E-state index in [1.165, 1.54) is 12.1 Å². The molecule has 0 unspecified atom stereocenters. The summed E-state index contributed by atoms with van der Waals surface area (Å²) in [5.41, 5.74) is 5.61. The number of oxime groups is 1. The van der Waals surface area contributed by atoms with Gasteiger partial charge in [-0.05, 0) is 25.1 Å². The van der Waals surface area contributed by atoms with Crippen LogP contribution >= 0.6 is 0 Å². The van der Waals surface area contributed by atoms with Crippen molar-refractivity contribution in [3.05, 3.63) is 29.6 Å². The monoisotopic (exact) mass is 269 g/mol. The predicted octanol–water partition coefficient (Wildman–Crippen LogP) is 1.29. The lowest BCUT2D eigenvalue weighted by Crippen LogP contribution is -2.17. The van der Waals surface area contributed by atoms with E-state index in [-0.39, 0.29) is 23.7 Å². The number of benzene rings is 1. The fourth-order valence-electron chi connectivity index (χ4n) is 1.39. The molecule has 0 aliphatic rings. The molecule has 0 spiro atoms. The smallest absolute Gasteiger partial charge is 0.226 e. The normalized spacial score (nSPS) is 11.4. The highest BCUT2D eigenvalue weighted by Crippen LogP contribution is 2.15. The second-order valence-electron chi connectivity index (χ2n) is 3.67. The Hall–Kier alpha value is -2.15. The van der Waals surface area contributed by atoms with Crippen molar-refractivity contribution < 1.29 is 19.1 Å². The molecule has 0 saturated carbocycles. The van der Waals surface area contributed by atoms with Gasteiger partial charge in [-0.25, -0.2) is 4.39 Å². The minimum Gasteiger partial charge on any atom is -0.409 e. The average molecular weight is 269 g/mol. The third-order valence-corrected chi connectivity index (χ3v) is 2.31. The summed E-state index contributed by atoms with van der Waals surface area (Å²) in [5.74, 6) is -1.25. The Morgan fingerprint density at radius 2 is 2.32 bits per heavy atom. The third-order valence-electron chi connectivity index (χ3n) is 2.31. The van der Waals surface area contributed by atoms with Crippen molar-refractivity contribution >= 4 is 17.4 Å². The van der Waals surface area contributed by atoms with Crippen molar-refractivity contribution in [1.82, 2.24) is 0 Å². The van der Waals surface area contributed by atoms with E-state index in [0.29, 0.717) is 18.9 Å². The van der Waals surface area contributed by atoms with Gasteiger partial charge in [0.15, 0.2) is 5.84 Å². The number of amidine groups is 1. The molecule has 0 fully saturated rings. The molecule has 1 rings (SSSR count). The first-order valence-electron chi connectivity index (χ1n) is 5.73. The highest BCUT2D eigenvalue weighted by atomic mass is 19.1. The molecule has 0 aliphatic heterocycles. The van der Waals surface area contributed by atoms with Crippen molar-refractivity contribution in [3.63, 3.8) is 0 Å². The maximum absolute atomic E-state index is 13.4. The van der Waals surface area contributed by atoms with Crippen LogP contribution in [0.15, 0.2) is 23.4 Å². The Balaban J connectivity index is 2.72. The van der Waals surface area contributed by atoms with E-state index in [1.807, 2.05) is 6.92 Å². The first-order chi connectivity index (χ1) is 9.08. The second-order valence-corrected chi connectivity index (χ2v) is 3.67. The molecule has 104 valence electrons. The van der Waals surface area contributed by atoms with Gasteiger partial charge in [-0.1, -0.05) is 5.16 Å². The van der Waals surface area contributed by atoms with Gasteiger partial charge in [0.05, 0.1) is 18.6 Å². The summed E-state index contributed by atoms with van der Waals surface area (Å²) in [7, 11) is 0. The topological polar surface area (TPSA) is 96.9 Å². The van der Waals surface area contributed by atoms with Crippen molar-refractivity contribution in [2.75, 3.05) is 18.5 Å². The highest BCUT2D eigenvalue weighted by Gasteiger charge is 2.09. The minimum absolute atomic E-state index is 0.0786. The molecule has 1 amide bonds. The van der Waals surface area contributed by atoms with Crippen LogP contribution < -0.4 is 11.1 Å². The quantitative estimate of drug-likeness (QED) is 0.238. The molecule has 4 N–H and O–H groups in total. The van der Waals surface area contributed by atoms with Crippen LogP contribution in [-0.2, 0) is 9.53 Å². The molecule has 19 heavy (non-hydrogen) atoms. The Bertz CT molecular complexity index is 477. The van der Waals surface area contributed by atoms with Crippen LogP contribution in [0.1, 0.15) is 18.9 Å². The number of hydrogen-bond acceptors (Lipinski definition) is 4. The Morgan fingerprint density at radius 3 is 2.95 bits per heavy atom. The van der Waals surface area contributed by atoms with E-state index in [0.717, 1.165) is 6.07 Å². The summed E-state index contributed by atoms with van der Waals surface area (Å²) in [6, 6.07) is 3.82. The number of nitrogens with one attached hydrogen (secondary N) is 1. The first kappa shape index (κ1) is 14.9. The molecule has 1 aromatic rings. The average Bonchev–Trinajstić information content (AvgIpc) is 2.40. The van der Waals surface area contributed by atoms with Crippen LogP contribution in [0.5, 0.6) is 0 Å². The van der Waals surface area contributed by atoms with E-state index < -0.39 is 5.82 Å². The lowest BCUT2D eigenvalue weighted by Gasteiger charge is -2.08. The molecular weight excluding hydrogens is 253 g/mol. The molecule has 0 atom stereocenters. The van der Waals surface area contributed by atoms with Crippen LogP contribution in [0.25, 0.3) is 0 Å². The predicted molar refractivity (Wildman–Crippen MR) is 68.7 cm³/mol. The molecule has 0 bridgehead atoms. The molecule has 0 saturated heterocycles. The molecule has 1 aromatic carbocycles. The van der Waals surface area contributed by atoms with Crippen LogP contribution in [-0.4, -0.2) is 30.2 Å². The summed E-state index contributed by atoms with van der Waals surface area (Å²) in [6.45, 7) is 2.69. The first-order valence-corrected chi connectivity index (χ1v) is 5.73. The number of carbonyl (C=O) groups is 1. The highest BCUT2D eigenvalue weighted by molar-refractivity contribution is 5.99. The van der Waals surface area contributed by atoms with Gasteiger partial charge in [0.25, 0.3) is 0 Å². The van der Waals surface area contributed by atoms with Crippen LogP contribution in [0.4, 0.5) is 10.1 Å². The zero-order valence-corrected chi connectivity index (χ0v) is 10.5. The summed E-state index contributed by atoms with van der Waals surface area (Å²) in [5, 5.41) is 13.8. The number of carbonyl (C=O) groups excluding carboxylic acids is 1. The number of anilines is 1. The number of halogens is 1. The van der Waals surface area contributed by atoms with Crippen LogP contribution in [0.3, 0.4) is 0 Å². The van der Waals surface area contributed by atoms with Crippen LogP contribution in [0.2, 0.25) is 0 Å². The Kier molecular flexibility index (Phi) is 5.74. The van der Waals surface area contributed by atoms with Gasteiger partial charge >= 0.3 is 0 Å². The lowest BCUT2D eigenvalue weighted by molar-refractivity contribution is -0.117. The van der Waals surface area contributed by atoms with Crippen molar-refractivity contribution in [2.24, 2.45) is 10.9 Å². The molecule has 7 heteroatoms. The maximum atomic E-state index is 13.4. The number of amides is 1. The molecule has 0 aliphatic carbocycles. The number of ether oxygens (including phenoxy) is 1.